The minimum Gasteiger partial charge on any atom is -0.442 e. The molecule has 6 nitrogen and oxygen atoms in total. The number of carbonyl (C=O) groups is 2. The van der Waals surface area contributed by atoms with Crippen LogP contribution in [0.1, 0.15) is 45.8 Å². The highest BCUT2D eigenvalue weighted by Crippen LogP contribution is 2.31. The minimum atomic E-state index is -4.44. The molecule has 2 N–H and O–H groups in total. The first-order chi connectivity index (χ1) is 19.2. The highest BCUT2D eigenvalue weighted by atomic mass is 19.4. The molecular formula is C31H28F3N3O3. The van der Waals surface area contributed by atoms with E-state index >= 15 is 0 Å². The molecule has 4 aromatic rings. The van der Waals surface area contributed by atoms with Gasteiger partial charge in [0.1, 0.15) is 6.10 Å². The Hall–Kier alpha value is -4.66. The van der Waals surface area contributed by atoms with Gasteiger partial charge < -0.3 is 15.4 Å². The number of halogens is 3. The van der Waals surface area contributed by atoms with Crippen LogP contribution in [0.2, 0.25) is 0 Å². The quantitative estimate of drug-likeness (QED) is 0.244. The van der Waals surface area contributed by atoms with Gasteiger partial charge in [-0.15, -0.1) is 0 Å². The Bertz CT molecular complexity index is 1440. The van der Waals surface area contributed by atoms with Crippen molar-refractivity contribution in [2.75, 3.05) is 6.54 Å². The van der Waals surface area contributed by atoms with Gasteiger partial charge in [-0.3, -0.25) is 9.78 Å². The standard InChI is InChI=1S/C31H28F3N3O3/c1-21(22-13-15-24(16-14-22)31(32,33)34)40-30(39)37-20-23-8-2-3-10-26(23)27-11-4-5-12-28(27)29(38)36-19-17-25-9-6-7-18-35-25/h2-16,18,21H,17,19-20H2,1H3,(H,36,38)(H,37,39)/t21-/m0/s1. The van der Waals surface area contributed by atoms with Crippen LogP contribution in [-0.2, 0) is 23.9 Å². The van der Waals surface area contributed by atoms with Crippen molar-refractivity contribution in [2.45, 2.75) is 32.2 Å². The van der Waals surface area contributed by atoms with Gasteiger partial charge in [-0.2, -0.15) is 13.2 Å². The number of benzene rings is 3. The topological polar surface area (TPSA) is 80.3 Å². The van der Waals surface area contributed by atoms with Crippen molar-refractivity contribution in [1.82, 2.24) is 15.6 Å². The van der Waals surface area contributed by atoms with E-state index in [1.54, 1.807) is 25.3 Å². The number of amides is 2. The summed E-state index contributed by atoms with van der Waals surface area (Å²) in [4.78, 5) is 29.8. The molecule has 0 saturated carbocycles. The molecule has 206 valence electrons. The number of rotatable bonds is 9. The van der Waals surface area contributed by atoms with Gasteiger partial charge in [0.05, 0.1) is 5.56 Å². The number of ether oxygens (including phenoxy) is 1. The van der Waals surface area contributed by atoms with E-state index in [0.717, 1.165) is 29.0 Å². The predicted octanol–water partition coefficient (Wildman–Crippen LogP) is 6.73. The zero-order chi connectivity index (χ0) is 28.5. The van der Waals surface area contributed by atoms with E-state index in [-0.39, 0.29) is 12.5 Å². The van der Waals surface area contributed by atoms with Crippen LogP contribution < -0.4 is 10.6 Å². The lowest BCUT2D eigenvalue weighted by Gasteiger charge is -2.17. The fraction of sp³-hybridized carbons (Fsp3) is 0.194. The Kier molecular flexibility index (Phi) is 9.16. The predicted molar refractivity (Wildman–Crippen MR) is 145 cm³/mol. The van der Waals surface area contributed by atoms with Crippen LogP contribution in [0.3, 0.4) is 0 Å². The van der Waals surface area contributed by atoms with Crippen LogP contribution in [0.4, 0.5) is 18.0 Å². The van der Waals surface area contributed by atoms with Crippen molar-refractivity contribution >= 4 is 12.0 Å². The van der Waals surface area contributed by atoms with Gasteiger partial charge >= 0.3 is 12.3 Å². The summed E-state index contributed by atoms with van der Waals surface area (Å²) < 4.78 is 43.8. The van der Waals surface area contributed by atoms with Gasteiger partial charge in [-0.1, -0.05) is 60.7 Å². The summed E-state index contributed by atoms with van der Waals surface area (Å²) in [6.45, 7) is 2.12. The number of nitrogens with zero attached hydrogens (tertiary/aromatic N) is 1. The molecule has 0 aliphatic rings. The Morgan fingerprint density at radius 3 is 2.23 bits per heavy atom. The fourth-order valence-electron chi connectivity index (χ4n) is 4.18. The third-order valence-electron chi connectivity index (χ3n) is 6.29. The van der Waals surface area contributed by atoms with Gasteiger partial charge in [-0.05, 0) is 59.5 Å². The van der Waals surface area contributed by atoms with Crippen LogP contribution in [-0.4, -0.2) is 23.5 Å². The molecule has 0 bridgehead atoms. The Labute approximate surface area is 230 Å². The minimum absolute atomic E-state index is 0.115. The molecule has 1 aromatic heterocycles. The van der Waals surface area contributed by atoms with Crippen molar-refractivity contribution in [3.63, 3.8) is 0 Å². The number of hydrogen-bond acceptors (Lipinski definition) is 4. The molecule has 0 radical (unpaired) electrons. The second kappa shape index (κ2) is 12.9. The second-order valence-corrected chi connectivity index (χ2v) is 9.05. The molecule has 0 saturated heterocycles. The van der Waals surface area contributed by atoms with E-state index < -0.39 is 23.9 Å². The number of aromatic nitrogens is 1. The third-order valence-corrected chi connectivity index (χ3v) is 6.29. The monoisotopic (exact) mass is 547 g/mol. The van der Waals surface area contributed by atoms with Gasteiger partial charge in [0.2, 0.25) is 0 Å². The summed E-state index contributed by atoms with van der Waals surface area (Å²) in [6, 6.07) is 24.7. The Morgan fingerprint density at radius 2 is 1.52 bits per heavy atom. The van der Waals surface area contributed by atoms with E-state index in [4.69, 9.17) is 4.74 Å². The summed E-state index contributed by atoms with van der Waals surface area (Å²) in [5, 5.41) is 5.64. The highest BCUT2D eigenvalue weighted by Gasteiger charge is 2.30. The maximum atomic E-state index is 13.1. The zero-order valence-electron chi connectivity index (χ0n) is 21.7. The first-order valence-corrected chi connectivity index (χ1v) is 12.7. The lowest BCUT2D eigenvalue weighted by molar-refractivity contribution is -0.137. The fourth-order valence-corrected chi connectivity index (χ4v) is 4.18. The summed E-state index contributed by atoms with van der Waals surface area (Å²) in [7, 11) is 0. The third kappa shape index (κ3) is 7.47. The van der Waals surface area contributed by atoms with Crippen molar-refractivity contribution in [1.29, 1.82) is 0 Å². The average Bonchev–Trinajstić information content (AvgIpc) is 2.96. The first-order valence-electron chi connectivity index (χ1n) is 12.7. The molecule has 0 fully saturated rings. The first kappa shape index (κ1) is 28.4. The molecule has 2 amide bonds. The molecule has 3 aromatic carbocycles. The van der Waals surface area contributed by atoms with E-state index in [9.17, 15) is 22.8 Å². The molecule has 4 rings (SSSR count). The van der Waals surface area contributed by atoms with E-state index in [1.807, 2.05) is 54.6 Å². The SMILES string of the molecule is C[C@H](OC(=O)NCc1ccccc1-c1ccccc1C(=O)NCCc1ccccn1)c1ccc(C(F)(F)F)cc1. The molecular weight excluding hydrogens is 519 g/mol. The van der Waals surface area contributed by atoms with Crippen molar-refractivity contribution in [2.24, 2.45) is 0 Å². The lowest BCUT2D eigenvalue weighted by Crippen LogP contribution is -2.27. The van der Waals surface area contributed by atoms with Gasteiger partial charge in [-0.25, -0.2) is 4.79 Å². The number of alkyl halides is 3. The number of alkyl carbamates (subject to hydrolysis) is 1. The van der Waals surface area contributed by atoms with Crippen LogP contribution in [0.5, 0.6) is 0 Å². The second-order valence-electron chi connectivity index (χ2n) is 9.05. The molecule has 9 heteroatoms. The molecule has 1 atom stereocenters. The highest BCUT2D eigenvalue weighted by molar-refractivity contribution is 6.01. The smallest absolute Gasteiger partial charge is 0.416 e. The molecule has 0 spiro atoms. The molecule has 0 unspecified atom stereocenters. The van der Waals surface area contributed by atoms with Gasteiger partial charge in [0.25, 0.3) is 5.91 Å². The van der Waals surface area contributed by atoms with Crippen molar-refractivity contribution in [3.8, 4) is 11.1 Å². The van der Waals surface area contributed by atoms with Crippen LogP contribution in [0.15, 0.2) is 97.2 Å². The average molecular weight is 548 g/mol. The van der Waals surface area contributed by atoms with Gasteiger partial charge in [0, 0.05) is 37.0 Å². The maximum Gasteiger partial charge on any atom is 0.416 e. The van der Waals surface area contributed by atoms with Crippen LogP contribution >= 0.6 is 0 Å². The van der Waals surface area contributed by atoms with Crippen molar-refractivity contribution < 1.29 is 27.5 Å². The summed E-state index contributed by atoms with van der Waals surface area (Å²) in [6.07, 6.45) is -3.60. The zero-order valence-corrected chi connectivity index (χ0v) is 21.7. The Balaban J connectivity index is 1.40. The Morgan fingerprint density at radius 1 is 0.850 bits per heavy atom. The maximum absolute atomic E-state index is 13.1. The van der Waals surface area contributed by atoms with Crippen LogP contribution in [0, 0.1) is 0 Å². The summed E-state index contributed by atoms with van der Waals surface area (Å²) >= 11 is 0. The van der Waals surface area contributed by atoms with E-state index in [2.05, 4.69) is 15.6 Å². The molecule has 1 heterocycles. The summed E-state index contributed by atoms with van der Waals surface area (Å²) in [5.41, 5.74) is 3.28. The van der Waals surface area contributed by atoms with Crippen LogP contribution in [0.25, 0.3) is 11.1 Å². The summed E-state index contributed by atoms with van der Waals surface area (Å²) in [5.74, 6) is -0.223. The number of carbonyl (C=O) groups excluding carboxylic acids is 2. The normalized spacial score (nSPS) is 11.9. The number of hydrogen-bond donors (Lipinski definition) is 2. The largest absolute Gasteiger partial charge is 0.442 e. The number of nitrogens with one attached hydrogen (secondary N) is 2. The molecule has 0 aliphatic carbocycles. The van der Waals surface area contributed by atoms with E-state index in [1.165, 1.54) is 12.1 Å². The van der Waals surface area contributed by atoms with Crippen molar-refractivity contribution in [3.05, 3.63) is 125 Å². The van der Waals surface area contributed by atoms with E-state index in [0.29, 0.717) is 29.7 Å². The number of pyridine rings is 1. The molecule has 0 aliphatic heterocycles. The molecule has 40 heavy (non-hydrogen) atoms. The van der Waals surface area contributed by atoms with Gasteiger partial charge in [0.15, 0.2) is 0 Å². The lowest BCUT2D eigenvalue weighted by atomic mass is 9.95.